The molecule has 0 saturated heterocycles. The van der Waals surface area contributed by atoms with E-state index in [9.17, 15) is 18.4 Å². The fraction of sp³-hybridized carbons (Fsp3) is 0.276. The molecule has 4 rings (SSSR count). The zero-order chi connectivity index (χ0) is 29.4. The van der Waals surface area contributed by atoms with Crippen LogP contribution in [0.1, 0.15) is 47.3 Å². The first-order valence-electron chi connectivity index (χ1n) is 12.4. The molecule has 40 heavy (non-hydrogen) atoms. The molecular weight excluding hydrogens is 536 g/mol. The number of alkyl halides is 2. The molecule has 0 spiro atoms. The lowest BCUT2D eigenvalue weighted by Gasteiger charge is -2.18. The molecule has 8 nitrogen and oxygen atoms in total. The fourth-order valence-electron chi connectivity index (χ4n) is 3.83. The molecule has 0 saturated carbocycles. The molecule has 0 aliphatic rings. The molecule has 2 aromatic heterocycles. The number of carbonyl (C=O) groups excluding carboxylic acids is 2. The number of nitrogens with zero attached hydrogens (tertiary/aromatic N) is 2. The van der Waals surface area contributed by atoms with E-state index in [1.807, 2.05) is 24.3 Å². The Kier molecular flexibility index (Phi) is 10.3. The molecule has 11 heteroatoms. The summed E-state index contributed by atoms with van der Waals surface area (Å²) in [4.78, 5) is 29.5. The summed E-state index contributed by atoms with van der Waals surface area (Å²) in [6.07, 6.45) is -1.47. The summed E-state index contributed by atoms with van der Waals surface area (Å²) in [6.45, 7) is 11.4. The third kappa shape index (κ3) is 7.81. The SMILES string of the molecule is C=CC(=O)Nc1cccc(-n2c(NC(=O)c3ccc(C(F)F)s3)nc3cc(CNCC(C)(C)C)ccc32)c1.CO. The third-order valence-corrected chi connectivity index (χ3v) is 6.64. The maximum atomic E-state index is 13.1. The van der Waals surface area contributed by atoms with Crippen LogP contribution in [0.3, 0.4) is 0 Å². The van der Waals surface area contributed by atoms with E-state index in [4.69, 9.17) is 5.11 Å². The summed E-state index contributed by atoms with van der Waals surface area (Å²) >= 11 is 0.738. The predicted octanol–water partition coefficient (Wildman–Crippen LogP) is 6.15. The van der Waals surface area contributed by atoms with Gasteiger partial charge in [-0.2, -0.15) is 0 Å². The zero-order valence-corrected chi connectivity index (χ0v) is 23.6. The van der Waals surface area contributed by atoms with E-state index in [0.717, 1.165) is 36.1 Å². The van der Waals surface area contributed by atoms with Crippen LogP contribution in [0.5, 0.6) is 0 Å². The van der Waals surface area contributed by atoms with E-state index in [0.29, 0.717) is 23.4 Å². The van der Waals surface area contributed by atoms with Gasteiger partial charge in [0.05, 0.1) is 26.5 Å². The van der Waals surface area contributed by atoms with Crippen LogP contribution in [0.4, 0.5) is 20.4 Å². The van der Waals surface area contributed by atoms with E-state index >= 15 is 0 Å². The Morgan fingerprint density at radius 1 is 1.10 bits per heavy atom. The van der Waals surface area contributed by atoms with Gasteiger partial charge < -0.3 is 15.7 Å². The number of carbonyl (C=O) groups is 2. The van der Waals surface area contributed by atoms with E-state index in [2.05, 4.69) is 48.3 Å². The maximum absolute atomic E-state index is 13.1. The minimum absolute atomic E-state index is 0.140. The number of anilines is 2. The Morgan fingerprint density at radius 3 is 2.50 bits per heavy atom. The van der Waals surface area contributed by atoms with Crippen LogP contribution in [-0.4, -0.2) is 40.1 Å². The number of halogens is 2. The molecule has 0 atom stereocenters. The van der Waals surface area contributed by atoms with Gasteiger partial charge in [0.15, 0.2) is 0 Å². The van der Waals surface area contributed by atoms with Gasteiger partial charge in [-0.3, -0.25) is 19.5 Å². The van der Waals surface area contributed by atoms with Gasteiger partial charge in [-0.15, -0.1) is 11.3 Å². The number of thiophene rings is 1. The van der Waals surface area contributed by atoms with Gasteiger partial charge in [-0.1, -0.05) is 39.5 Å². The second kappa shape index (κ2) is 13.4. The number of hydrogen-bond donors (Lipinski definition) is 4. The molecule has 2 heterocycles. The summed E-state index contributed by atoms with van der Waals surface area (Å²) in [5.74, 6) is -0.670. The number of aromatic nitrogens is 2. The largest absolute Gasteiger partial charge is 0.400 e. The van der Waals surface area contributed by atoms with Crippen molar-refractivity contribution in [3.8, 4) is 5.69 Å². The van der Waals surface area contributed by atoms with E-state index in [1.165, 1.54) is 18.2 Å². The van der Waals surface area contributed by atoms with E-state index < -0.39 is 12.3 Å². The van der Waals surface area contributed by atoms with Crippen LogP contribution in [-0.2, 0) is 11.3 Å². The van der Waals surface area contributed by atoms with Crippen LogP contribution in [0, 0.1) is 5.41 Å². The fourth-order valence-corrected chi connectivity index (χ4v) is 4.59. The highest BCUT2D eigenvalue weighted by atomic mass is 32.1. The molecule has 0 bridgehead atoms. The molecule has 0 aliphatic heterocycles. The van der Waals surface area contributed by atoms with Crippen molar-refractivity contribution in [3.05, 3.63) is 82.6 Å². The molecule has 0 unspecified atom stereocenters. The molecule has 2 amide bonds. The summed E-state index contributed by atoms with van der Waals surface area (Å²) < 4.78 is 27.9. The average Bonchev–Trinajstić information content (AvgIpc) is 3.54. The molecular formula is C29H33F2N5O3S. The highest BCUT2D eigenvalue weighted by Gasteiger charge is 2.20. The smallest absolute Gasteiger partial charge is 0.272 e. The highest BCUT2D eigenvalue weighted by Crippen LogP contribution is 2.30. The number of hydrogen-bond acceptors (Lipinski definition) is 6. The topological polar surface area (TPSA) is 108 Å². The maximum Gasteiger partial charge on any atom is 0.272 e. The van der Waals surface area contributed by atoms with Gasteiger partial charge >= 0.3 is 0 Å². The standard InChI is InChI=1S/C28H29F2N5O2S.CH4O/c1-5-24(36)32-18-7-6-8-19(14-18)35-21-10-9-17(15-31-16-28(2,3)4)13-20(21)33-27(35)34-26(37)23-12-11-22(38-23)25(29)30;1-2/h5-14,25,31H,1,15-16H2,2-4H3,(H,32,36)(H,33,34,37);2H,1H3. The first kappa shape index (κ1) is 30.6. The van der Waals surface area contributed by atoms with Crippen LogP contribution >= 0.6 is 11.3 Å². The average molecular weight is 570 g/mol. The molecule has 2 aromatic carbocycles. The Morgan fingerprint density at radius 2 is 1.85 bits per heavy atom. The Bertz CT molecular complexity index is 1490. The molecule has 4 N–H and O–H groups in total. The highest BCUT2D eigenvalue weighted by molar-refractivity contribution is 7.14. The van der Waals surface area contributed by atoms with Crippen LogP contribution in [0.2, 0.25) is 0 Å². The van der Waals surface area contributed by atoms with Crippen LogP contribution < -0.4 is 16.0 Å². The normalized spacial score (nSPS) is 11.2. The number of aliphatic hydroxyl groups is 1. The monoisotopic (exact) mass is 569 g/mol. The lowest BCUT2D eigenvalue weighted by molar-refractivity contribution is -0.111. The van der Waals surface area contributed by atoms with Crippen LogP contribution in [0.15, 0.2) is 67.3 Å². The molecule has 0 radical (unpaired) electrons. The number of rotatable bonds is 9. The summed E-state index contributed by atoms with van der Waals surface area (Å²) in [5.41, 5.74) is 3.72. The number of aliphatic hydroxyl groups excluding tert-OH is 1. The van der Waals surface area contributed by atoms with Gasteiger partial charge in [0.2, 0.25) is 11.9 Å². The van der Waals surface area contributed by atoms with Crippen molar-refractivity contribution in [2.45, 2.75) is 33.7 Å². The van der Waals surface area contributed by atoms with Gasteiger partial charge in [0.1, 0.15) is 0 Å². The van der Waals surface area contributed by atoms with Crippen molar-refractivity contribution in [2.75, 3.05) is 24.3 Å². The van der Waals surface area contributed by atoms with Crippen molar-refractivity contribution in [1.82, 2.24) is 14.9 Å². The third-order valence-electron chi connectivity index (χ3n) is 5.55. The van der Waals surface area contributed by atoms with Crippen molar-refractivity contribution in [2.24, 2.45) is 5.41 Å². The number of fused-ring (bicyclic) bond motifs is 1. The van der Waals surface area contributed by atoms with Gasteiger partial charge in [0.25, 0.3) is 12.3 Å². The predicted molar refractivity (Wildman–Crippen MR) is 156 cm³/mol. The minimum Gasteiger partial charge on any atom is -0.400 e. The van der Waals surface area contributed by atoms with Gasteiger partial charge in [-0.25, -0.2) is 13.8 Å². The molecule has 0 aliphatic carbocycles. The lowest BCUT2D eigenvalue weighted by Crippen LogP contribution is -2.26. The van der Waals surface area contributed by atoms with E-state index in [-0.39, 0.29) is 27.0 Å². The van der Waals surface area contributed by atoms with Crippen molar-refractivity contribution >= 4 is 45.8 Å². The number of imidazole rings is 1. The first-order chi connectivity index (χ1) is 19.0. The number of amides is 2. The van der Waals surface area contributed by atoms with Crippen molar-refractivity contribution < 1.29 is 23.5 Å². The second-order valence-corrected chi connectivity index (χ2v) is 11.1. The Labute approximate surface area is 235 Å². The summed E-state index contributed by atoms with van der Waals surface area (Å²) in [7, 11) is 1.00. The quantitative estimate of drug-likeness (QED) is 0.181. The summed E-state index contributed by atoms with van der Waals surface area (Å²) in [5, 5.41) is 16.0. The lowest BCUT2D eigenvalue weighted by atomic mass is 9.97. The van der Waals surface area contributed by atoms with Gasteiger partial charge in [-0.05, 0) is 59.5 Å². The first-order valence-corrected chi connectivity index (χ1v) is 13.3. The zero-order valence-electron chi connectivity index (χ0n) is 22.8. The second-order valence-electron chi connectivity index (χ2n) is 9.96. The summed E-state index contributed by atoms with van der Waals surface area (Å²) in [6, 6.07) is 15.5. The van der Waals surface area contributed by atoms with E-state index in [1.54, 1.807) is 22.8 Å². The number of benzene rings is 2. The van der Waals surface area contributed by atoms with Crippen LogP contribution in [0.25, 0.3) is 16.7 Å². The van der Waals surface area contributed by atoms with Crippen molar-refractivity contribution in [1.29, 1.82) is 0 Å². The number of nitrogens with one attached hydrogen (secondary N) is 3. The molecule has 212 valence electrons. The Balaban J connectivity index is 0.00000216. The Hall–Kier alpha value is -3.93. The minimum atomic E-state index is -2.65. The van der Waals surface area contributed by atoms with Gasteiger partial charge in [0, 0.05) is 25.9 Å². The molecule has 0 fully saturated rings. The van der Waals surface area contributed by atoms with Crippen molar-refractivity contribution in [3.63, 3.8) is 0 Å². The molecule has 4 aromatic rings.